The average molecular weight is 784 g/mol. The predicted molar refractivity (Wildman–Crippen MR) is 215 cm³/mol. The van der Waals surface area contributed by atoms with Crippen LogP contribution in [0.5, 0.6) is 23.0 Å². The number of rotatable bonds is 20. The molecule has 304 valence electrons. The first-order valence-electron chi connectivity index (χ1n) is 19.4. The summed E-state index contributed by atoms with van der Waals surface area (Å²) in [4.78, 5) is 18.5. The van der Waals surface area contributed by atoms with Crippen LogP contribution in [0.3, 0.4) is 0 Å². The SMILES string of the molecule is COc1cc(C2CC(c3cc(CO)c(CO)c(CO)c3)=NO2)cc(OC)c1OCCCCCCCCOc1ccc(C2NC(=O)c3cc(C)ccc3N2)cc1CO. The van der Waals surface area contributed by atoms with Crippen molar-refractivity contribution in [2.24, 2.45) is 5.16 Å². The Labute approximate surface area is 333 Å². The Morgan fingerprint density at radius 2 is 1.35 bits per heavy atom. The number of aliphatic hydroxyl groups excluding tert-OH is 4. The summed E-state index contributed by atoms with van der Waals surface area (Å²) in [5.41, 5.74) is 7.69. The summed E-state index contributed by atoms with van der Waals surface area (Å²) in [5, 5.41) is 50.1. The number of fused-ring (bicyclic) bond motifs is 1. The van der Waals surface area contributed by atoms with E-state index in [1.165, 1.54) is 0 Å². The van der Waals surface area contributed by atoms with Crippen LogP contribution in [0.2, 0.25) is 0 Å². The highest BCUT2D eigenvalue weighted by Crippen LogP contribution is 2.43. The predicted octanol–water partition coefficient (Wildman–Crippen LogP) is 6.50. The second kappa shape index (κ2) is 19.7. The number of hydrogen-bond acceptors (Lipinski definition) is 12. The van der Waals surface area contributed by atoms with Crippen LogP contribution in [0.1, 0.15) is 112 Å². The van der Waals surface area contributed by atoms with Gasteiger partial charge in [0.1, 0.15) is 11.9 Å². The van der Waals surface area contributed by atoms with Gasteiger partial charge < -0.3 is 54.8 Å². The summed E-state index contributed by atoms with van der Waals surface area (Å²) in [6.07, 6.45) is 5.51. The van der Waals surface area contributed by atoms with E-state index < -0.39 is 12.3 Å². The Balaban J connectivity index is 0.917. The first-order chi connectivity index (χ1) is 27.8. The van der Waals surface area contributed by atoms with Crippen molar-refractivity contribution < 1.29 is 49.0 Å². The van der Waals surface area contributed by atoms with E-state index in [0.29, 0.717) is 81.7 Å². The average Bonchev–Trinajstić information content (AvgIpc) is 3.74. The smallest absolute Gasteiger partial charge is 0.255 e. The van der Waals surface area contributed by atoms with Crippen LogP contribution < -0.4 is 29.6 Å². The summed E-state index contributed by atoms with van der Waals surface area (Å²) >= 11 is 0. The maximum Gasteiger partial charge on any atom is 0.255 e. The topological polar surface area (TPSA) is 181 Å². The second-order valence-electron chi connectivity index (χ2n) is 14.3. The molecule has 57 heavy (non-hydrogen) atoms. The quantitative estimate of drug-likeness (QED) is 0.0539. The molecule has 2 heterocycles. The number of nitrogens with zero attached hydrogens (tertiary/aromatic N) is 1. The molecule has 2 aliphatic heterocycles. The molecule has 0 fully saturated rings. The van der Waals surface area contributed by atoms with Crippen molar-refractivity contribution in [1.29, 1.82) is 0 Å². The Morgan fingerprint density at radius 3 is 1.98 bits per heavy atom. The summed E-state index contributed by atoms with van der Waals surface area (Å²) in [7, 11) is 3.16. The molecule has 6 N–H and O–H groups in total. The number of oxime groups is 1. The third kappa shape index (κ3) is 9.80. The first kappa shape index (κ1) is 41.3. The van der Waals surface area contributed by atoms with E-state index in [9.17, 15) is 25.2 Å². The lowest BCUT2D eigenvalue weighted by atomic mass is 9.93. The summed E-state index contributed by atoms with van der Waals surface area (Å²) < 4.78 is 23.6. The molecule has 1 amide bonds. The zero-order chi connectivity index (χ0) is 40.3. The van der Waals surface area contributed by atoms with Gasteiger partial charge in [-0.2, -0.15) is 0 Å². The van der Waals surface area contributed by atoms with Gasteiger partial charge in [-0.3, -0.25) is 4.79 Å². The van der Waals surface area contributed by atoms with Gasteiger partial charge in [0.05, 0.1) is 65.1 Å². The Morgan fingerprint density at radius 1 is 0.702 bits per heavy atom. The Bertz CT molecular complexity index is 2000. The number of carbonyl (C=O) groups is 1. The summed E-state index contributed by atoms with van der Waals surface area (Å²) in [6, 6.07) is 18.6. The standard InChI is InChI=1S/C44H53N3O10/c1-27-10-12-36-34(16-27)44(52)46-43(45-36)28-11-13-38(33(17-28)25-50)55-14-8-6-4-5-7-9-15-56-42-40(53-2)20-30(21-41(42)54-3)39-22-37(47-57-39)29-18-31(23-48)35(26-51)32(19-29)24-49/h10-13,16-21,39,43,45,48-51H,4-9,14-15,22-26H2,1-3H3,(H,46,52). The van der Waals surface area contributed by atoms with Gasteiger partial charge in [0.15, 0.2) is 17.6 Å². The first-order valence-corrected chi connectivity index (χ1v) is 19.4. The van der Waals surface area contributed by atoms with E-state index in [2.05, 4.69) is 15.8 Å². The van der Waals surface area contributed by atoms with Crippen LogP contribution in [0.25, 0.3) is 0 Å². The highest BCUT2D eigenvalue weighted by atomic mass is 16.6. The molecule has 0 saturated carbocycles. The van der Waals surface area contributed by atoms with Gasteiger partial charge in [-0.15, -0.1) is 0 Å². The number of aryl methyl sites for hydroxylation is 1. The molecule has 0 saturated heterocycles. The molecule has 13 heteroatoms. The van der Waals surface area contributed by atoms with Crippen molar-refractivity contribution in [2.45, 2.75) is 90.6 Å². The van der Waals surface area contributed by atoms with Crippen LogP contribution >= 0.6 is 0 Å². The van der Waals surface area contributed by atoms with Gasteiger partial charge in [-0.25, -0.2) is 0 Å². The highest BCUT2D eigenvalue weighted by molar-refractivity contribution is 6.02. The Hall–Kier alpha value is -5.34. The molecule has 0 radical (unpaired) electrons. The molecule has 0 bridgehead atoms. The molecular formula is C44H53N3O10. The lowest BCUT2D eigenvalue weighted by Gasteiger charge is -2.29. The molecule has 2 unspecified atom stereocenters. The van der Waals surface area contributed by atoms with E-state index >= 15 is 0 Å². The van der Waals surface area contributed by atoms with Crippen molar-refractivity contribution in [1.82, 2.24) is 5.32 Å². The zero-order valence-corrected chi connectivity index (χ0v) is 32.8. The molecule has 2 aliphatic rings. The number of methoxy groups -OCH3 is 2. The van der Waals surface area contributed by atoms with E-state index in [4.69, 9.17) is 23.8 Å². The maximum atomic E-state index is 12.7. The van der Waals surface area contributed by atoms with Crippen LogP contribution in [0.4, 0.5) is 5.69 Å². The monoisotopic (exact) mass is 783 g/mol. The Kier molecular flexibility index (Phi) is 14.3. The van der Waals surface area contributed by atoms with Gasteiger partial charge >= 0.3 is 0 Å². The van der Waals surface area contributed by atoms with Gasteiger partial charge in [0, 0.05) is 28.8 Å². The van der Waals surface area contributed by atoms with Crippen LogP contribution in [-0.4, -0.2) is 59.5 Å². The number of carbonyl (C=O) groups excluding carboxylic acids is 1. The minimum absolute atomic E-state index is 0.133. The molecule has 2 atom stereocenters. The number of anilines is 1. The number of ether oxygens (including phenoxy) is 4. The van der Waals surface area contributed by atoms with Crippen LogP contribution in [0, 0.1) is 6.92 Å². The number of unbranched alkanes of at least 4 members (excludes halogenated alkanes) is 5. The number of benzene rings is 4. The minimum atomic E-state index is -0.412. The fourth-order valence-corrected chi connectivity index (χ4v) is 7.25. The van der Waals surface area contributed by atoms with Crippen molar-refractivity contribution in [3.63, 3.8) is 0 Å². The largest absolute Gasteiger partial charge is 0.493 e. The summed E-state index contributed by atoms with van der Waals surface area (Å²) in [6.45, 7) is 2.00. The molecular weight excluding hydrogens is 730 g/mol. The van der Waals surface area contributed by atoms with E-state index in [1.54, 1.807) is 26.4 Å². The summed E-state index contributed by atoms with van der Waals surface area (Å²) in [5.74, 6) is 2.08. The lowest BCUT2D eigenvalue weighted by Crippen LogP contribution is -2.38. The van der Waals surface area contributed by atoms with Crippen LogP contribution in [0.15, 0.2) is 65.8 Å². The van der Waals surface area contributed by atoms with Crippen molar-refractivity contribution >= 4 is 17.3 Å². The molecule has 0 spiro atoms. The van der Waals surface area contributed by atoms with Crippen molar-refractivity contribution in [3.05, 3.63) is 111 Å². The lowest BCUT2D eigenvalue weighted by molar-refractivity contribution is 0.0852. The molecule has 0 aromatic heterocycles. The fraction of sp³-hybridized carbons (Fsp3) is 0.409. The van der Waals surface area contributed by atoms with Gasteiger partial charge in [0.2, 0.25) is 5.75 Å². The van der Waals surface area contributed by atoms with Crippen LogP contribution in [-0.2, 0) is 31.3 Å². The molecule has 4 aromatic rings. The molecule has 4 aromatic carbocycles. The maximum absolute atomic E-state index is 12.7. The van der Waals surface area contributed by atoms with Gasteiger partial charge in [-0.1, -0.05) is 48.5 Å². The number of nitrogens with one attached hydrogen (secondary N) is 2. The second-order valence-corrected chi connectivity index (χ2v) is 14.3. The molecule has 13 nitrogen and oxygen atoms in total. The van der Waals surface area contributed by atoms with Crippen molar-refractivity contribution in [2.75, 3.05) is 32.8 Å². The van der Waals surface area contributed by atoms with E-state index in [-0.39, 0.29) is 32.3 Å². The number of hydrogen-bond donors (Lipinski definition) is 6. The number of aliphatic hydroxyl groups is 4. The van der Waals surface area contributed by atoms with E-state index in [0.717, 1.165) is 60.9 Å². The fourth-order valence-electron chi connectivity index (χ4n) is 7.25. The highest BCUT2D eigenvalue weighted by Gasteiger charge is 2.28. The third-order valence-electron chi connectivity index (χ3n) is 10.4. The zero-order valence-electron chi connectivity index (χ0n) is 32.8. The number of amides is 1. The van der Waals surface area contributed by atoms with Crippen molar-refractivity contribution in [3.8, 4) is 23.0 Å². The molecule has 0 aliphatic carbocycles. The van der Waals surface area contributed by atoms with Gasteiger partial charge in [-0.05, 0) is 90.6 Å². The van der Waals surface area contributed by atoms with E-state index in [1.807, 2.05) is 55.5 Å². The minimum Gasteiger partial charge on any atom is -0.493 e. The van der Waals surface area contributed by atoms with Gasteiger partial charge in [0.25, 0.3) is 5.91 Å². The molecule has 6 rings (SSSR count). The normalized spacial score (nSPS) is 15.9. The third-order valence-corrected chi connectivity index (χ3v) is 10.4.